The van der Waals surface area contributed by atoms with Gasteiger partial charge in [-0.25, -0.2) is 19.9 Å². The van der Waals surface area contributed by atoms with E-state index in [0.717, 1.165) is 82.1 Å². The van der Waals surface area contributed by atoms with Crippen molar-refractivity contribution in [1.82, 2.24) is 29.9 Å². The van der Waals surface area contributed by atoms with Gasteiger partial charge in [-0.05, 0) is 85.5 Å². The average molecular weight is 692 g/mol. The summed E-state index contributed by atoms with van der Waals surface area (Å²) < 4.78 is 28.2. The standard InChI is InChI=1S/C21H24FN3.C14H13FN4.C6H10O/c1-14-9-19-17(13-24-21(19)23-12-14)11-16-7-8-18(25-20(16)22)10-15-5-3-2-4-6-15;1-8-4-11-10(7-18-14(11)17-6-8)5-9-2-3-12(16)19-13(9)15;7-6-4-2-1-3-5-6/h7-9,12-13,15H,2-6,10-11H2,1H3,(H,23,24);2-4,6-7H,5H2,1H3,(H2,16,19)(H,17,18);1-5H2. The van der Waals surface area contributed by atoms with Gasteiger partial charge >= 0.3 is 0 Å². The van der Waals surface area contributed by atoms with Crippen molar-refractivity contribution in [2.45, 2.75) is 97.3 Å². The summed E-state index contributed by atoms with van der Waals surface area (Å²) in [6, 6.07) is 11.3. The molecule has 2 aliphatic rings. The molecule has 0 radical (unpaired) electrons. The molecule has 0 aliphatic heterocycles. The van der Waals surface area contributed by atoms with E-state index in [2.05, 4.69) is 36.0 Å². The van der Waals surface area contributed by atoms with Gasteiger partial charge in [-0.1, -0.05) is 50.7 Å². The highest BCUT2D eigenvalue weighted by atomic mass is 19.1. The zero-order valence-electron chi connectivity index (χ0n) is 29.6. The highest BCUT2D eigenvalue weighted by Crippen LogP contribution is 2.28. The molecule has 10 heteroatoms. The number of anilines is 1. The number of aryl methyl sites for hydroxylation is 2. The van der Waals surface area contributed by atoms with Crippen LogP contribution >= 0.6 is 0 Å². The molecule has 2 aliphatic carbocycles. The molecule has 51 heavy (non-hydrogen) atoms. The van der Waals surface area contributed by atoms with Crippen LogP contribution in [0.3, 0.4) is 0 Å². The number of halogens is 2. The minimum atomic E-state index is -0.519. The summed E-state index contributed by atoms with van der Waals surface area (Å²) in [5.74, 6) is 0.483. The molecule has 6 aromatic heterocycles. The molecule has 4 N–H and O–H groups in total. The van der Waals surface area contributed by atoms with Crippen molar-refractivity contribution in [3.05, 3.63) is 112 Å². The van der Waals surface area contributed by atoms with Gasteiger partial charge in [0, 0.05) is 78.1 Å². The summed E-state index contributed by atoms with van der Waals surface area (Å²) >= 11 is 0. The Morgan fingerprint density at radius 1 is 0.706 bits per heavy atom. The molecular formula is C41H47F2N7O. The third-order valence-electron chi connectivity index (χ3n) is 9.83. The van der Waals surface area contributed by atoms with Crippen LogP contribution in [0.25, 0.3) is 22.1 Å². The molecule has 0 unspecified atom stereocenters. The molecule has 6 heterocycles. The van der Waals surface area contributed by atoms with Crippen LogP contribution in [-0.2, 0) is 24.1 Å². The smallest absolute Gasteiger partial charge is 0.218 e. The quantitative estimate of drug-likeness (QED) is 0.150. The van der Waals surface area contributed by atoms with Gasteiger partial charge in [-0.3, -0.25) is 4.79 Å². The fraction of sp³-hybridized carbons (Fsp3) is 0.390. The van der Waals surface area contributed by atoms with E-state index in [4.69, 9.17) is 5.73 Å². The number of aromatic nitrogens is 6. The van der Waals surface area contributed by atoms with E-state index in [9.17, 15) is 13.6 Å². The van der Waals surface area contributed by atoms with Gasteiger partial charge in [-0.15, -0.1) is 0 Å². The lowest BCUT2D eigenvalue weighted by Crippen LogP contribution is -2.11. The van der Waals surface area contributed by atoms with Crippen molar-refractivity contribution < 1.29 is 13.6 Å². The Morgan fingerprint density at radius 2 is 1.24 bits per heavy atom. The van der Waals surface area contributed by atoms with Crippen molar-refractivity contribution in [3.63, 3.8) is 0 Å². The minimum Gasteiger partial charge on any atom is -0.384 e. The number of hydrogen-bond donors (Lipinski definition) is 3. The van der Waals surface area contributed by atoms with Crippen LogP contribution in [0.2, 0.25) is 0 Å². The number of pyridine rings is 4. The normalized spacial score (nSPS) is 14.9. The predicted molar refractivity (Wildman–Crippen MR) is 198 cm³/mol. The largest absolute Gasteiger partial charge is 0.384 e. The molecule has 2 fully saturated rings. The molecule has 0 saturated heterocycles. The molecule has 0 aromatic carbocycles. The van der Waals surface area contributed by atoms with Gasteiger partial charge in [0.15, 0.2) is 0 Å². The second kappa shape index (κ2) is 16.8. The Morgan fingerprint density at radius 3 is 1.75 bits per heavy atom. The first-order valence-electron chi connectivity index (χ1n) is 18.1. The van der Waals surface area contributed by atoms with Crippen LogP contribution in [-0.4, -0.2) is 35.7 Å². The second-order valence-corrected chi connectivity index (χ2v) is 14.0. The van der Waals surface area contributed by atoms with Crippen molar-refractivity contribution in [3.8, 4) is 0 Å². The number of hydrogen-bond acceptors (Lipinski definition) is 6. The summed E-state index contributed by atoms with van der Waals surface area (Å²) in [7, 11) is 0. The van der Waals surface area contributed by atoms with Crippen molar-refractivity contribution in [2.24, 2.45) is 5.92 Å². The summed E-state index contributed by atoms with van der Waals surface area (Å²) in [6.45, 7) is 4.00. The van der Waals surface area contributed by atoms with Crippen LogP contribution in [0.15, 0.2) is 61.2 Å². The first-order valence-corrected chi connectivity index (χ1v) is 18.1. The van der Waals surface area contributed by atoms with Crippen molar-refractivity contribution >= 4 is 33.7 Å². The Labute approximate surface area is 297 Å². The summed E-state index contributed by atoms with van der Waals surface area (Å²) in [6.07, 6.45) is 21.0. The van der Waals surface area contributed by atoms with Gasteiger partial charge in [0.1, 0.15) is 22.9 Å². The first kappa shape index (κ1) is 35.8. The van der Waals surface area contributed by atoms with Gasteiger partial charge in [-0.2, -0.15) is 8.78 Å². The molecule has 266 valence electrons. The van der Waals surface area contributed by atoms with Gasteiger partial charge in [0.2, 0.25) is 11.9 Å². The van der Waals surface area contributed by atoms with E-state index in [-0.39, 0.29) is 11.8 Å². The van der Waals surface area contributed by atoms with E-state index in [1.165, 1.54) is 38.5 Å². The number of nitrogen functional groups attached to an aromatic ring is 1. The van der Waals surface area contributed by atoms with Crippen molar-refractivity contribution in [2.75, 3.05) is 5.73 Å². The van der Waals surface area contributed by atoms with E-state index >= 15 is 0 Å². The molecular weight excluding hydrogens is 644 g/mol. The molecule has 2 saturated carbocycles. The summed E-state index contributed by atoms with van der Waals surface area (Å²) in [5, 5.41) is 2.07. The number of fused-ring (bicyclic) bond motifs is 2. The first-order chi connectivity index (χ1) is 24.7. The molecule has 0 bridgehead atoms. The number of Topliss-reactive ketones (excluding diaryl/α,β-unsaturated/α-hetero) is 1. The predicted octanol–water partition coefficient (Wildman–Crippen LogP) is 9.22. The Hall–Kier alpha value is -4.99. The number of H-pyrrole nitrogens is 2. The van der Waals surface area contributed by atoms with Crippen LogP contribution in [0.1, 0.15) is 103 Å². The third kappa shape index (κ3) is 9.62. The third-order valence-corrected chi connectivity index (χ3v) is 9.83. The number of ketones is 1. The van der Waals surface area contributed by atoms with E-state index in [1.54, 1.807) is 18.3 Å². The highest BCUT2D eigenvalue weighted by Gasteiger charge is 2.17. The highest BCUT2D eigenvalue weighted by molar-refractivity contribution is 5.81. The lowest BCUT2D eigenvalue weighted by molar-refractivity contribution is -0.120. The topological polar surface area (TPSA) is 126 Å². The maximum absolute atomic E-state index is 14.5. The number of rotatable bonds is 6. The Bertz CT molecular complexity index is 2090. The van der Waals surface area contributed by atoms with Crippen LogP contribution in [0.4, 0.5) is 14.6 Å². The molecule has 0 atom stereocenters. The lowest BCUT2D eigenvalue weighted by atomic mass is 9.86. The van der Waals surface area contributed by atoms with Crippen LogP contribution in [0.5, 0.6) is 0 Å². The molecule has 0 amide bonds. The summed E-state index contributed by atoms with van der Waals surface area (Å²) in [4.78, 5) is 33.3. The monoisotopic (exact) mass is 691 g/mol. The van der Waals surface area contributed by atoms with Crippen LogP contribution < -0.4 is 5.73 Å². The number of carbonyl (C=O) groups excluding carboxylic acids is 1. The lowest BCUT2D eigenvalue weighted by Gasteiger charge is -2.21. The number of carbonyl (C=O) groups is 1. The second-order valence-electron chi connectivity index (χ2n) is 14.0. The average Bonchev–Trinajstić information content (AvgIpc) is 3.71. The molecule has 8 rings (SSSR count). The zero-order chi connectivity index (χ0) is 35.7. The zero-order valence-corrected chi connectivity index (χ0v) is 29.6. The maximum atomic E-state index is 14.5. The van der Waals surface area contributed by atoms with Gasteiger partial charge in [0.05, 0.1) is 0 Å². The van der Waals surface area contributed by atoms with Crippen molar-refractivity contribution in [1.29, 1.82) is 0 Å². The molecule has 8 nitrogen and oxygen atoms in total. The van der Waals surface area contributed by atoms with E-state index < -0.39 is 5.95 Å². The fourth-order valence-corrected chi connectivity index (χ4v) is 7.02. The minimum absolute atomic E-state index is 0.192. The van der Waals surface area contributed by atoms with Gasteiger partial charge in [0.25, 0.3) is 0 Å². The SMILES string of the molecule is Cc1cnc2[nH]cc(Cc3ccc(CC4CCCCC4)nc3F)c2c1.Cc1cnc2[nH]cc(Cc3ccc(N)nc3F)c2c1.O=C1CCCCC1. The maximum Gasteiger partial charge on any atom is 0.218 e. The number of aromatic amines is 2. The molecule has 0 spiro atoms. The van der Waals surface area contributed by atoms with Gasteiger partial charge < -0.3 is 15.7 Å². The summed E-state index contributed by atoms with van der Waals surface area (Å²) in [5.41, 5.74) is 13.4. The Kier molecular flexibility index (Phi) is 11.8. The number of nitrogens with one attached hydrogen (secondary N) is 2. The fourth-order valence-electron chi connectivity index (χ4n) is 7.02. The number of nitrogens with zero attached hydrogens (tertiary/aromatic N) is 4. The molecule has 6 aromatic rings. The van der Waals surface area contributed by atoms with E-state index in [1.807, 2.05) is 50.6 Å². The van der Waals surface area contributed by atoms with E-state index in [0.29, 0.717) is 35.7 Å². The number of nitrogens with two attached hydrogens (primary N) is 1. The Balaban J connectivity index is 0.000000151. The van der Waals surface area contributed by atoms with Crippen LogP contribution in [0, 0.1) is 31.7 Å².